The highest BCUT2D eigenvalue weighted by Crippen LogP contribution is 2.19. The summed E-state index contributed by atoms with van der Waals surface area (Å²) in [6.07, 6.45) is 1.97. The van der Waals surface area contributed by atoms with Gasteiger partial charge in [-0.15, -0.1) is 0 Å². The Morgan fingerprint density at radius 2 is 1.81 bits per heavy atom. The lowest BCUT2D eigenvalue weighted by Crippen LogP contribution is -2.43. The molecule has 1 aliphatic heterocycles. The summed E-state index contributed by atoms with van der Waals surface area (Å²) in [5, 5.41) is 6.04. The van der Waals surface area contributed by atoms with Crippen LogP contribution in [0.25, 0.3) is 11.3 Å². The Kier molecular flexibility index (Phi) is 6.79. The van der Waals surface area contributed by atoms with Crippen molar-refractivity contribution in [2.24, 2.45) is 0 Å². The van der Waals surface area contributed by atoms with E-state index in [1.54, 1.807) is 6.07 Å². The lowest BCUT2D eigenvalue weighted by atomic mass is 10.1. The van der Waals surface area contributed by atoms with Crippen molar-refractivity contribution in [2.75, 3.05) is 25.4 Å². The van der Waals surface area contributed by atoms with E-state index in [9.17, 15) is 4.79 Å². The molecule has 1 aliphatic rings. The van der Waals surface area contributed by atoms with Gasteiger partial charge in [0.15, 0.2) is 0 Å². The number of amides is 2. The number of nitrogens with zero attached hydrogens (tertiary/aromatic N) is 2. The molecular formula is C25H29N5O. The molecule has 0 spiro atoms. The molecule has 2 heterocycles. The monoisotopic (exact) mass is 415 g/mol. The SMILES string of the molecule is Nc1cccc(-c2ccc(CCN3CCC(NC(=O)NCc4ccccc4)C3)cc2)n1. The van der Waals surface area contributed by atoms with E-state index < -0.39 is 0 Å². The quantitative estimate of drug-likeness (QED) is 0.552. The van der Waals surface area contributed by atoms with Crippen LogP contribution in [0.3, 0.4) is 0 Å². The number of hydrogen-bond acceptors (Lipinski definition) is 4. The fraction of sp³-hybridized carbons (Fsp3) is 0.280. The van der Waals surface area contributed by atoms with E-state index in [0.29, 0.717) is 12.4 Å². The molecule has 1 saturated heterocycles. The van der Waals surface area contributed by atoms with Gasteiger partial charge in [-0.3, -0.25) is 0 Å². The van der Waals surface area contributed by atoms with Crippen molar-refractivity contribution in [2.45, 2.75) is 25.4 Å². The van der Waals surface area contributed by atoms with E-state index in [1.165, 1.54) is 5.56 Å². The van der Waals surface area contributed by atoms with Crippen molar-refractivity contribution in [3.05, 3.63) is 83.9 Å². The number of nitrogens with two attached hydrogens (primary N) is 1. The van der Waals surface area contributed by atoms with E-state index in [2.05, 4.69) is 44.8 Å². The van der Waals surface area contributed by atoms with Crippen molar-refractivity contribution in [3.63, 3.8) is 0 Å². The number of rotatable bonds is 7. The maximum Gasteiger partial charge on any atom is 0.315 e. The third-order valence-corrected chi connectivity index (χ3v) is 5.64. The number of anilines is 1. The first-order chi connectivity index (χ1) is 15.2. The number of nitrogens with one attached hydrogen (secondary N) is 2. The normalized spacial score (nSPS) is 16.2. The van der Waals surface area contributed by atoms with Crippen molar-refractivity contribution < 1.29 is 4.79 Å². The number of aromatic nitrogens is 1. The predicted molar refractivity (Wildman–Crippen MR) is 124 cm³/mol. The first-order valence-corrected chi connectivity index (χ1v) is 10.8. The van der Waals surface area contributed by atoms with E-state index in [0.717, 1.165) is 49.3 Å². The number of pyridine rings is 1. The molecule has 1 aromatic heterocycles. The van der Waals surface area contributed by atoms with Gasteiger partial charge in [0.1, 0.15) is 5.82 Å². The molecule has 6 nitrogen and oxygen atoms in total. The molecule has 160 valence electrons. The minimum atomic E-state index is -0.0959. The smallest absolute Gasteiger partial charge is 0.315 e. The van der Waals surface area contributed by atoms with Crippen LogP contribution in [0.5, 0.6) is 0 Å². The second kappa shape index (κ2) is 10.1. The molecule has 6 heteroatoms. The Balaban J connectivity index is 1.19. The molecule has 1 atom stereocenters. The summed E-state index contributed by atoms with van der Waals surface area (Å²) in [7, 11) is 0. The molecule has 3 aromatic rings. The summed E-state index contributed by atoms with van der Waals surface area (Å²) in [5.74, 6) is 0.535. The van der Waals surface area contributed by atoms with Crippen LogP contribution < -0.4 is 16.4 Å². The minimum absolute atomic E-state index is 0.0959. The summed E-state index contributed by atoms with van der Waals surface area (Å²) in [6, 6.07) is 24.3. The molecule has 31 heavy (non-hydrogen) atoms. The molecule has 0 bridgehead atoms. The van der Waals surface area contributed by atoms with Crippen LogP contribution >= 0.6 is 0 Å². The number of likely N-dealkylation sites (tertiary alicyclic amines) is 1. The van der Waals surface area contributed by atoms with Crippen LogP contribution in [0.4, 0.5) is 10.6 Å². The number of hydrogen-bond donors (Lipinski definition) is 3. The highest BCUT2D eigenvalue weighted by atomic mass is 16.2. The predicted octanol–water partition coefficient (Wildman–Crippen LogP) is 3.45. The first-order valence-electron chi connectivity index (χ1n) is 10.8. The second-order valence-corrected chi connectivity index (χ2v) is 7.99. The van der Waals surface area contributed by atoms with Gasteiger partial charge >= 0.3 is 6.03 Å². The Morgan fingerprint density at radius 1 is 1.00 bits per heavy atom. The Morgan fingerprint density at radius 3 is 2.58 bits per heavy atom. The lowest BCUT2D eigenvalue weighted by molar-refractivity contribution is 0.236. The summed E-state index contributed by atoms with van der Waals surface area (Å²) in [6.45, 7) is 3.43. The van der Waals surface area contributed by atoms with Crippen LogP contribution in [-0.4, -0.2) is 41.6 Å². The zero-order valence-corrected chi connectivity index (χ0v) is 17.6. The van der Waals surface area contributed by atoms with Crippen molar-refractivity contribution in [1.29, 1.82) is 0 Å². The fourth-order valence-electron chi connectivity index (χ4n) is 3.91. The Hall–Kier alpha value is -3.38. The maximum absolute atomic E-state index is 12.2. The second-order valence-electron chi connectivity index (χ2n) is 7.99. The summed E-state index contributed by atoms with van der Waals surface area (Å²) >= 11 is 0. The number of carbonyl (C=O) groups excluding carboxylic acids is 1. The van der Waals surface area contributed by atoms with E-state index in [1.807, 2.05) is 42.5 Å². The van der Waals surface area contributed by atoms with Gasteiger partial charge in [-0.1, -0.05) is 60.7 Å². The van der Waals surface area contributed by atoms with Crippen molar-refractivity contribution in [1.82, 2.24) is 20.5 Å². The minimum Gasteiger partial charge on any atom is -0.384 e. The van der Waals surface area contributed by atoms with Crippen LogP contribution in [0.1, 0.15) is 17.5 Å². The standard InChI is InChI=1S/C25H29N5O/c26-24-8-4-7-23(29-24)21-11-9-19(10-12-21)13-15-30-16-14-22(18-30)28-25(31)27-17-20-5-2-1-3-6-20/h1-12,22H,13-18H2,(H2,26,29)(H2,27,28,31). The van der Waals surface area contributed by atoms with E-state index in [-0.39, 0.29) is 12.1 Å². The van der Waals surface area contributed by atoms with Gasteiger partial charge in [-0.25, -0.2) is 9.78 Å². The summed E-state index contributed by atoms with van der Waals surface area (Å²) in [5.41, 5.74) is 10.1. The average molecular weight is 416 g/mol. The molecule has 1 fully saturated rings. The average Bonchev–Trinajstić information content (AvgIpc) is 3.24. The third-order valence-electron chi connectivity index (χ3n) is 5.64. The highest BCUT2D eigenvalue weighted by Gasteiger charge is 2.23. The van der Waals surface area contributed by atoms with E-state index >= 15 is 0 Å². The molecule has 2 amide bonds. The number of urea groups is 1. The molecule has 4 rings (SSSR count). The lowest BCUT2D eigenvalue weighted by Gasteiger charge is -2.17. The van der Waals surface area contributed by atoms with Crippen LogP contribution in [0.15, 0.2) is 72.8 Å². The van der Waals surface area contributed by atoms with Crippen LogP contribution in [-0.2, 0) is 13.0 Å². The van der Waals surface area contributed by atoms with Gasteiger partial charge in [0.05, 0.1) is 5.69 Å². The topological polar surface area (TPSA) is 83.3 Å². The van der Waals surface area contributed by atoms with Gasteiger partial charge in [0, 0.05) is 37.8 Å². The van der Waals surface area contributed by atoms with Crippen LogP contribution in [0, 0.1) is 0 Å². The molecule has 1 unspecified atom stereocenters. The molecular weight excluding hydrogens is 386 g/mol. The number of benzene rings is 2. The van der Waals surface area contributed by atoms with Gasteiger partial charge in [0.25, 0.3) is 0 Å². The number of nitrogen functional groups attached to an aromatic ring is 1. The molecule has 2 aromatic carbocycles. The summed E-state index contributed by atoms with van der Waals surface area (Å²) < 4.78 is 0. The largest absolute Gasteiger partial charge is 0.384 e. The van der Waals surface area contributed by atoms with Gasteiger partial charge in [0.2, 0.25) is 0 Å². The number of carbonyl (C=O) groups is 1. The zero-order chi connectivity index (χ0) is 21.5. The molecule has 0 radical (unpaired) electrons. The molecule has 0 saturated carbocycles. The fourth-order valence-corrected chi connectivity index (χ4v) is 3.91. The third kappa shape index (κ3) is 6.06. The summed E-state index contributed by atoms with van der Waals surface area (Å²) in [4.78, 5) is 19.0. The Labute approximate surface area is 183 Å². The highest BCUT2D eigenvalue weighted by molar-refractivity contribution is 5.74. The maximum atomic E-state index is 12.2. The van der Waals surface area contributed by atoms with Crippen molar-refractivity contribution in [3.8, 4) is 11.3 Å². The zero-order valence-electron chi connectivity index (χ0n) is 17.6. The molecule has 4 N–H and O–H groups in total. The van der Waals surface area contributed by atoms with Gasteiger partial charge < -0.3 is 21.3 Å². The van der Waals surface area contributed by atoms with E-state index in [4.69, 9.17) is 5.73 Å². The van der Waals surface area contributed by atoms with Gasteiger partial charge in [-0.05, 0) is 36.1 Å². The molecule has 0 aliphatic carbocycles. The van der Waals surface area contributed by atoms with Gasteiger partial charge in [-0.2, -0.15) is 0 Å². The van der Waals surface area contributed by atoms with Crippen molar-refractivity contribution >= 4 is 11.8 Å². The van der Waals surface area contributed by atoms with Crippen LogP contribution in [0.2, 0.25) is 0 Å². The Bertz CT molecular complexity index is 990. The first kappa shape index (κ1) is 20.9.